The maximum Gasteiger partial charge on any atom is 0.326 e. The minimum Gasteiger partial charge on any atom is -0.480 e. The van der Waals surface area contributed by atoms with Crippen molar-refractivity contribution in [1.29, 1.82) is 0 Å². The van der Waals surface area contributed by atoms with Crippen LogP contribution in [0.15, 0.2) is 70.5 Å². The highest BCUT2D eigenvalue weighted by atomic mass is 16.5. The van der Waals surface area contributed by atoms with E-state index in [0.29, 0.717) is 81.9 Å². The number of nitrogens with zero attached hydrogens (tertiary/aromatic N) is 7. The predicted octanol–water partition coefficient (Wildman–Crippen LogP) is -1.91. The minimum absolute atomic E-state index is 0.0347. The van der Waals surface area contributed by atoms with E-state index in [2.05, 4.69) is 82.4 Å². The SMILES string of the molecule is NCCCOCCOCCOCCCN(CCC(=O)NCCNC(=O)CCC(NC(=O)c1ccc(NCc2cnc3c(=O)[nH]c(N)nc3n2)cc1)C(=O)O)CCC(=O)NCCNC(=O)CCC(NC(=O)c1ccc(NCc2cnc3c(=O)[nH]c(N)nc3n2)cc1)C(=O)O. The van der Waals surface area contributed by atoms with Crippen molar-refractivity contribution in [3.63, 3.8) is 0 Å². The number of fused-ring (bicyclic) bond motifs is 2. The number of anilines is 4. The lowest BCUT2D eigenvalue weighted by atomic mass is 10.1. The Morgan fingerprint density at radius 3 is 1.27 bits per heavy atom. The van der Waals surface area contributed by atoms with Gasteiger partial charge in [-0.15, -0.1) is 0 Å². The van der Waals surface area contributed by atoms with Crippen LogP contribution in [0, 0.1) is 0 Å². The maximum absolute atomic E-state index is 13.0. The average molecular weight is 1300 g/mol. The Hall–Kier alpha value is -10.4. The van der Waals surface area contributed by atoms with Gasteiger partial charge in [-0.1, -0.05) is 0 Å². The van der Waals surface area contributed by atoms with Crippen molar-refractivity contribution < 1.29 is 62.8 Å². The molecule has 0 radical (unpaired) electrons. The number of carbonyl (C=O) groups is 8. The fraction of sp³-hybridized carbons (Fsp3) is 0.448. The summed E-state index contributed by atoms with van der Waals surface area (Å²) in [4.78, 5) is 157. The number of aromatic amines is 2. The summed E-state index contributed by atoms with van der Waals surface area (Å²) in [5, 5.41) is 41.5. The van der Waals surface area contributed by atoms with Gasteiger partial charge in [0.2, 0.25) is 35.5 Å². The van der Waals surface area contributed by atoms with Gasteiger partial charge >= 0.3 is 11.9 Å². The summed E-state index contributed by atoms with van der Waals surface area (Å²) in [7, 11) is 0. The van der Waals surface area contributed by atoms with Gasteiger partial charge in [0.05, 0.1) is 63.3 Å². The van der Waals surface area contributed by atoms with Crippen LogP contribution in [0.3, 0.4) is 0 Å². The monoisotopic (exact) mass is 1290 g/mol. The highest BCUT2D eigenvalue weighted by molar-refractivity contribution is 5.98. The van der Waals surface area contributed by atoms with Gasteiger partial charge in [0.1, 0.15) is 12.1 Å². The fourth-order valence-corrected chi connectivity index (χ4v) is 8.66. The van der Waals surface area contributed by atoms with Gasteiger partial charge in [-0.2, -0.15) is 9.97 Å². The van der Waals surface area contributed by atoms with Crippen molar-refractivity contribution in [3.8, 4) is 0 Å². The van der Waals surface area contributed by atoms with Crippen LogP contribution in [0.5, 0.6) is 0 Å². The third-order valence-electron chi connectivity index (χ3n) is 13.6. The Bertz CT molecular complexity index is 3380. The number of hydrogen-bond acceptors (Lipinski definition) is 25. The number of H-pyrrole nitrogens is 2. The largest absolute Gasteiger partial charge is 0.480 e. The van der Waals surface area contributed by atoms with E-state index in [9.17, 15) is 58.2 Å². The lowest BCUT2D eigenvalue weighted by Gasteiger charge is -2.22. The molecule has 0 spiro atoms. The summed E-state index contributed by atoms with van der Waals surface area (Å²) >= 11 is 0. The van der Waals surface area contributed by atoms with Crippen molar-refractivity contribution in [3.05, 3.63) is 104 Å². The van der Waals surface area contributed by atoms with Gasteiger partial charge in [-0.25, -0.2) is 29.5 Å². The molecule has 0 aliphatic heterocycles. The molecule has 2 aromatic carbocycles. The first-order chi connectivity index (χ1) is 44.8. The third-order valence-corrected chi connectivity index (χ3v) is 13.6. The van der Waals surface area contributed by atoms with Crippen molar-refractivity contribution >= 4 is 93.0 Å². The Kier molecular flexibility index (Phi) is 29.6. The van der Waals surface area contributed by atoms with Crippen LogP contribution < -0.4 is 70.9 Å². The Labute approximate surface area is 531 Å². The summed E-state index contributed by atoms with van der Waals surface area (Å²) in [5.74, 6) is -5.90. The molecule has 6 rings (SSSR count). The smallest absolute Gasteiger partial charge is 0.326 e. The lowest BCUT2D eigenvalue weighted by molar-refractivity contribution is -0.140. The van der Waals surface area contributed by atoms with Crippen LogP contribution in [0.25, 0.3) is 22.3 Å². The number of nitrogens with one attached hydrogen (secondary N) is 10. The number of rotatable bonds is 43. The molecule has 35 nitrogen and oxygen atoms in total. The zero-order valence-corrected chi connectivity index (χ0v) is 51.0. The average Bonchev–Trinajstić information content (AvgIpc) is 1.22. The summed E-state index contributed by atoms with van der Waals surface area (Å²) < 4.78 is 16.7. The molecule has 4 heterocycles. The molecule has 0 bridgehead atoms. The molecular formula is C58H78N20O15. The van der Waals surface area contributed by atoms with Crippen LogP contribution in [0.1, 0.15) is 83.5 Å². The highest BCUT2D eigenvalue weighted by Crippen LogP contribution is 2.15. The van der Waals surface area contributed by atoms with Crippen molar-refractivity contribution in [2.75, 3.05) is 114 Å². The Morgan fingerprint density at radius 2 is 0.882 bits per heavy atom. The number of carbonyl (C=O) groups excluding carboxylic acids is 6. The van der Waals surface area contributed by atoms with E-state index in [1.807, 2.05) is 4.90 Å². The van der Waals surface area contributed by atoms with Crippen molar-refractivity contribution in [2.24, 2.45) is 5.73 Å². The molecule has 0 fully saturated rings. The molecule has 0 aliphatic carbocycles. The van der Waals surface area contributed by atoms with E-state index in [1.165, 1.54) is 36.7 Å². The number of aliphatic carboxylic acids is 2. The number of amides is 6. The minimum atomic E-state index is -1.39. The van der Waals surface area contributed by atoms with E-state index in [1.54, 1.807) is 24.3 Å². The fourth-order valence-electron chi connectivity index (χ4n) is 8.66. The first-order valence-electron chi connectivity index (χ1n) is 29.8. The van der Waals surface area contributed by atoms with Crippen molar-refractivity contribution in [2.45, 2.75) is 76.5 Å². The van der Waals surface area contributed by atoms with E-state index in [-0.39, 0.29) is 148 Å². The van der Waals surface area contributed by atoms with E-state index in [4.69, 9.17) is 31.4 Å². The molecule has 2 atom stereocenters. The van der Waals surface area contributed by atoms with Crippen LogP contribution >= 0.6 is 0 Å². The molecule has 6 aromatic rings. The second-order valence-electron chi connectivity index (χ2n) is 20.7. The van der Waals surface area contributed by atoms with Crippen LogP contribution in [0.4, 0.5) is 23.3 Å². The number of hydrogen-bond donors (Lipinski definition) is 15. The molecule has 6 amide bonds. The quantitative estimate of drug-likeness (QED) is 0.0186. The molecule has 0 aliphatic rings. The van der Waals surface area contributed by atoms with E-state index < -0.39 is 58.8 Å². The second kappa shape index (κ2) is 38.4. The first kappa shape index (κ1) is 71.7. The van der Waals surface area contributed by atoms with Gasteiger partial charge in [0.15, 0.2) is 22.3 Å². The summed E-state index contributed by atoms with van der Waals surface area (Å²) in [6.45, 7) is 4.65. The molecule has 500 valence electrons. The topological polar surface area (TPSA) is 525 Å². The van der Waals surface area contributed by atoms with E-state index >= 15 is 0 Å². The molecule has 0 saturated heterocycles. The van der Waals surface area contributed by atoms with Crippen LogP contribution in [0.2, 0.25) is 0 Å². The number of nitrogens with two attached hydrogens (primary N) is 3. The van der Waals surface area contributed by atoms with Crippen LogP contribution in [-0.4, -0.2) is 206 Å². The second-order valence-corrected chi connectivity index (χ2v) is 20.7. The number of carboxylic acid groups (broad SMARTS) is 2. The Morgan fingerprint density at radius 1 is 0.505 bits per heavy atom. The number of nitrogen functional groups attached to an aromatic ring is 2. The summed E-state index contributed by atoms with van der Waals surface area (Å²) in [6.07, 6.45) is 3.32. The van der Waals surface area contributed by atoms with Crippen LogP contribution in [-0.2, 0) is 56.1 Å². The molecule has 0 saturated carbocycles. The molecule has 35 heteroatoms. The van der Waals surface area contributed by atoms with Gasteiger partial charge in [0.25, 0.3) is 22.9 Å². The molecular weight excluding hydrogens is 1220 g/mol. The predicted molar refractivity (Wildman–Crippen MR) is 337 cm³/mol. The zero-order valence-electron chi connectivity index (χ0n) is 51.0. The summed E-state index contributed by atoms with van der Waals surface area (Å²) in [5.41, 5.74) is 18.3. The maximum atomic E-state index is 13.0. The van der Waals surface area contributed by atoms with Gasteiger partial charge in [-0.3, -0.25) is 48.3 Å². The number of ether oxygens (including phenoxy) is 3. The molecule has 93 heavy (non-hydrogen) atoms. The first-order valence-corrected chi connectivity index (χ1v) is 29.8. The third kappa shape index (κ3) is 25.8. The van der Waals surface area contributed by atoms with Crippen molar-refractivity contribution in [1.82, 2.24) is 76.7 Å². The van der Waals surface area contributed by atoms with Gasteiger partial charge in [-0.05, 0) is 80.8 Å². The van der Waals surface area contributed by atoms with Gasteiger partial charge in [0, 0.05) is 107 Å². The lowest BCUT2D eigenvalue weighted by Crippen LogP contribution is -2.42. The number of aromatic nitrogens is 8. The molecule has 18 N–H and O–H groups in total. The molecule has 2 unspecified atom stereocenters. The molecule has 4 aromatic heterocycles. The number of carboxylic acids is 2. The zero-order chi connectivity index (χ0) is 66.9. The van der Waals surface area contributed by atoms with Gasteiger partial charge < -0.3 is 89.1 Å². The standard InChI is InChI=1S/C58H78N20O15/c59-17-1-25-91-27-29-93-30-28-92-26-2-22-78(23-15-45(81)64-20-18-62-43(79)13-11-41(55(87)88)72-51(83)35-3-7-37(8-4-35)66-31-39-33-68-47-49(70-39)74-57(60)76-53(47)85)24-16-46(82)65-21-19-63-44(80)14-12-42(56(89)90)73-52(84)36-5-9-38(10-6-36)67-32-40-34-69-48-50(71-40)75-58(61)77-54(48)86/h3-10,33-34,41-42,66-67H,1-2,11-32,59H2,(H,62,79)(H,63,80)(H,64,81)(H,65,82)(H,72,83)(H,73,84)(H,87,88)(H,89,90)(H3,60,70,74,76,85)(H3,61,71,75,77,86). The number of benzene rings is 2. The highest BCUT2D eigenvalue weighted by Gasteiger charge is 2.24. The van der Waals surface area contributed by atoms with E-state index in [0.717, 1.165) is 6.42 Å². The normalized spacial score (nSPS) is 11.8. The summed E-state index contributed by atoms with van der Waals surface area (Å²) in [6, 6.07) is 9.56. The Balaban J connectivity index is 0.852.